The largest absolute Gasteiger partial charge is 0.472 e. The zero-order valence-electron chi connectivity index (χ0n) is 49.3. The number of phosphoric ester groups is 1. The quantitative estimate of drug-likeness (QED) is 0.0211. The van der Waals surface area contributed by atoms with Crippen LogP contribution in [0.3, 0.4) is 0 Å². The van der Waals surface area contributed by atoms with Gasteiger partial charge in [-0.15, -0.1) is 0 Å². The summed E-state index contributed by atoms with van der Waals surface area (Å²) in [6.45, 7) is 4.28. The van der Waals surface area contributed by atoms with Gasteiger partial charge < -0.3 is 18.9 Å². The third-order valence-corrected chi connectivity index (χ3v) is 14.2. The number of unbranched alkanes of at least 4 members (excludes halogenated alkanes) is 28. The molecule has 0 saturated carbocycles. The minimum Gasteiger partial charge on any atom is -0.462 e. The monoisotopic (exact) mass is 1070 g/mol. The number of allylic oxidation sites excluding steroid dienone is 14. The van der Waals surface area contributed by atoms with E-state index < -0.39 is 26.5 Å². The fraction of sp³-hybridized carbons (Fsp3) is 0.754. The molecule has 0 aliphatic rings. The fourth-order valence-corrected chi connectivity index (χ4v) is 9.22. The minimum atomic E-state index is -4.41. The van der Waals surface area contributed by atoms with Crippen LogP contribution in [0, 0.1) is 0 Å². The van der Waals surface area contributed by atoms with Crippen LogP contribution >= 0.6 is 7.82 Å². The van der Waals surface area contributed by atoms with Crippen molar-refractivity contribution in [2.45, 2.75) is 270 Å². The second-order valence-electron chi connectivity index (χ2n) is 21.7. The van der Waals surface area contributed by atoms with Crippen LogP contribution < -0.4 is 0 Å². The molecule has 0 fully saturated rings. The Hall–Kier alpha value is -2.81. The molecule has 0 amide bonds. The van der Waals surface area contributed by atoms with Gasteiger partial charge >= 0.3 is 19.8 Å². The third-order valence-electron chi connectivity index (χ3n) is 13.2. The Kier molecular flexibility index (Phi) is 53.8. The number of hydrogen-bond donors (Lipinski definition) is 1. The summed E-state index contributed by atoms with van der Waals surface area (Å²) < 4.78 is 34.5. The van der Waals surface area contributed by atoms with Gasteiger partial charge in [-0.2, -0.15) is 0 Å². The molecule has 0 rings (SSSR count). The smallest absolute Gasteiger partial charge is 0.462 e. The molecule has 0 aromatic carbocycles. The Morgan fingerprint density at radius 1 is 0.427 bits per heavy atom. The maximum atomic E-state index is 12.8. The number of carbonyl (C=O) groups is 2. The molecule has 0 radical (unpaired) electrons. The predicted molar refractivity (Wildman–Crippen MR) is 321 cm³/mol. The average molecular weight is 1070 g/mol. The molecule has 9 nitrogen and oxygen atoms in total. The van der Waals surface area contributed by atoms with Crippen LogP contribution in [0.2, 0.25) is 0 Å². The summed E-state index contributed by atoms with van der Waals surface area (Å²) >= 11 is 0. The van der Waals surface area contributed by atoms with Crippen molar-refractivity contribution in [1.82, 2.24) is 0 Å². The second-order valence-corrected chi connectivity index (χ2v) is 23.2. The fourth-order valence-electron chi connectivity index (χ4n) is 8.48. The molecule has 0 heterocycles. The van der Waals surface area contributed by atoms with Crippen molar-refractivity contribution in [3.63, 3.8) is 0 Å². The van der Waals surface area contributed by atoms with Crippen molar-refractivity contribution in [2.75, 3.05) is 47.5 Å². The zero-order valence-corrected chi connectivity index (χ0v) is 50.2. The molecular formula is C65H117NO8P+. The second kappa shape index (κ2) is 55.9. The highest BCUT2D eigenvalue weighted by Crippen LogP contribution is 2.43. The Labute approximate surface area is 462 Å². The maximum Gasteiger partial charge on any atom is 0.472 e. The van der Waals surface area contributed by atoms with Crippen molar-refractivity contribution in [2.24, 2.45) is 0 Å². The van der Waals surface area contributed by atoms with Crippen molar-refractivity contribution >= 4 is 19.8 Å². The van der Waals surface area contributed by atoms with E-state index in [-0.39, 0.29) is 32.0 Å². The topological polar surface area (TPSA) is 108 Å². The lowest BCUT2D eigenvalue weighted by Gasteiger charge is -2.24. The van der Waals surface area contributed by atoms with Gasteiger partial charge in [0.25, 0.3) is 0 Å². The van der Waals surface area contributed by atoms with Gasteiger partial charge in [0.05, 0.1) is 27.7 Å². The van der Waals surface area contributed by atoms with E-state index in [1.54, 1.807) is 0 Å². The van der Waals surface area contributed by atoms with Gasteiger partial charge in [-0.25, -0.2) is 4.57 Å². The van der Waals surface area contributed by atoms with E-state index in [1.165, 1.54) is 161 Å². The van der Waals surface area contributed by atoms with Gasteiger partial charge in [0.2, 0.25) is 0 Å². The normalized spacial score (nSPS) is 13.8. The number of nitrogens with zero attached hydrogens (tertiary/aromatic N) is 1. The first-order chi connectivity index (χ1) is 36.5. The van der Waals surface area contributed by atoms with Crippen molar-refractivity contribution in [3.05, 3.63) is 85.1 Å². The van der Waals surface area contributed by atoms with Crippen LogP contribution in [0.1, 0.15) is 264 Å². The molecule has 0 aliphatic carbocycles. The summed E-state index contributed by atoms with van der Waals surface area (Å²) in [5.74, 6) is -0.862. The molecular weight excluding hydrogens is 954 g/mol. The summed E-state index contributed by atoms with van der Waals surface area (Å²) in [4.78, 5) is 35.7. The van der Waals surface area contributed by atoms with E-state index in [0.717, 1.165) is 64.2 Å². The maximum absolute atomic E-state index is 12.8. The predicted octanol–water partition coefficient (Wildman–Crippen LogP) is 19.4. The van der Waals surface area contributed by atoms with Crippen molar-refractivity contribution in [3.8, 4) is 0 Å². The number of phosphoric acid groups is 1. The van der Waals surface area contributed by atoms with Gasteiger partial charge in [0.15, 0.2) is 6.10 Å². The molecule has 0 spiro atoms. The SMILES string of the molecule is CC/C=C\C/C=C\C/C=C\C/C=C\C/C=C\C/C=C\C/C=C\CCCC(=O)OC(COC(=O)CCCCCCCCCCCCCCCCCCCCCCCCCCCCCC)COP(=O)(O)OCC[N+](C)(C)C. The number of ether oxygens (including phenoxy) is 2. The highest BCUT2D eigenvalue weighted by atomic mass is 31.2. The molecule has 0 saturated heterocycles. The molecule has 0 aliphatic heterocycles. The van der Waals surface area contributed by atoms with Crippen LogP contribution in [0.4, 0.5) is 0 Å². The summed E-state index contributed by atoms with van der Waals surface area (Å²) in [5.41, 5.74) is 0. The highest BCUT2D eigenvalue weighted by Gasteiger charge is 2.27. The Balaban J connectivity index is 4.18. The molecule has 2 unspecified atom stereocenters. The van der Waals surface area contributed by atoms with Gasteiger partial charge in [0.1, 0.15) is 19.8 Å². The van der Waals surface area contributed by atoms with E-state index in [1.807, 2.05) is 21.1 Å². The van der Waals surface area contributed by atoms with Gasteiger partial charge in [0, 0.05) is 12.8 Å². The lowest BCUT2D eigenvalue weighted by molar-refractivity contribution is -0.870. The lowest BCUT2D eigenvalue weighted by Crippen LogP contribution is -2.37. The van der Waals surface area contributed by atoms with E-state index in [2.05, 4.69) is 98.9 Å². The summed E-state index contributed by atoms with van der Waals surface area (Å²) in [6, 6.07) is 0. The number of quaternary nitrogens is 1. The summed E-state index contributed by atoms with van der Waals surface area (Å²) in [6.07, 6.45) is 75.4. The number of hydrogen-bond acceptors (Lipinski definition) is 7. The van der Waals surface area contributed by atoms with Crippen LogP contribution in [-0.2, 0) is 32.7 Å². The highest BCUT2D eigenvalue weighted by molar-refractivity contribution is 7.47. The van der Waals surface area contributed by atoms with E-state index in [0.29, 0.717) is 23.9 Å². The Morgan fingerprint density at radius 3 is 1.12 bits per heavy atom. The minimum absolute atomic E-state index is 0.0179. The number of carbonyl (C=O) groups excluding carboxylic acids is 2. The molecule has 75 heavy (non-hydrogen) atoms. The van der Waals surface area contributed by atoms with Crippen LogP contribution in [0.15, 0.2) is 85.1 Å². The van der Waals surface area contributed by atoms with E-state index >= 15 is 0 Å². The van der Waals surface area contributed by atoms with Crippen molar-refractivity contribution < 1.29 is 42.1 Å². The summed E-state index contributed by atoms with van der Waals surface area (Å²) in [5, 5.41) is 0. The Bertz CT molecular complexity index is 1540. The van der Waals surface area contributed by atoms with Crippen LogP contribution in [-0.4, -0.2) is 74.9 Å². The van der Waals surface area contributed by atoms with Crippen molar-refractivity contribution in [1.29, 1.82) is 0 Å². The zero-order chi connectivity index (χ0) is 54.9. The van der Waals surface area contributed by atoms with Gasteiger partial charge in [-0.1, -0.05) is 272 Å². The molecule has 0 bridgehead atoms. The van der Waals surface area contributed by atoms with E-state index in [9.17, 15) is 19.0 Å². The van der Waals surface area contributed by atoms with Gasteiger partial charge in [-0.05, 0) is 64.2 Å². The molecule has 0 aromatic heterocycles. The van der Waals surface area contributed by atoms with E-state index in [4.69, 9.17) is 18.5 Å². The lowest BCUT2D eigenvalue weighted by atomic mass is 10.0. The number of esters is 2. The molecule has 0 aromatic rings. The summed E-state index contributed by atoms with van der Waals surface area (Å²) in [7, 11) is 1.44. The first kappa shape index (κ1) is 72.2. The van der Waals surface area contributed by atoms with Crippen LogP contribution in [0.5, 0.6) is 0 Å². The Morgan fingerprint density at radius 2 is 0.760 bits per heavy atom. The molecule has 10 heteroatoms. The number of rotatable bonds is 56. The first-order valence-corrected chi connectivity index (χ1v) is 32.3. The average Bonchev–Trinajstić information content (AvgIpc) is 3.37. The van der Waals surface area contributed by atoms with Crippen LogP contribution in [0.25, 0.3) is 0 Å². The first-order valence-electron chi connectivity index (χ1n) is 30.8. The molecule has 1 N–H and O–H groups in total. The standard InChI is InChI=1S/C65H116NO8P/c1-6-8-10-12-14-16-18-20-22-24-26-28-30-31-32-33-34-36-37-39-41-43-45-47-49-51-53-55-57-64(67)71-61-63(62-73-75(69,70)72-60-59-66(3,4)5)74-65(68)58-56-54-52-50-48-46-44-42-40-38-35-29-27-25-23-21-19-17-15-13-11-9-7-2/h9,11,15,17,21,23,27,29,38,40,44,46,50,52,63H,6-8,10,12-14,16,18-20,22,24-26,28,30-37,39,41-43,45,47-49,51,53-62H2,1-5H3/p+1/b11-9-,17-15-,23-21-,29-27-,40-38-,46-44-,52-50-. The third kappa shape index (κ3) is 60.3. The number of likely N-dealkylation sites (N-methyl/N-ethyl adjacent to an activating group) is 1. The molecule has 2 atom stereocenters. The molecule has 434 valence electrons. The van der Waals surface area contributed by atoms with Gasteiger partial charge in [-0.3, -0.25) is 18.6 Å².